The maximum Gasteiger partial charge on any atom is 0.551 e. The summed E-state index contributed by atoms with van der Waals surface area (Å²) in [7, 11) is 0. The van der Waals surface area contributed by atoms with Gasteiger partial charge in [0, 0.05) is 13.0 Å². The van der Waals surface area contributed by atoms with Crippen LogP contribution in [0.25, 0.3) is 0 Å². The quantitative estimate of drug-likeness (QED) is 0.505. The smallest absolute Gasteiger partial charge is 0.551 e. The summed E-state index contributed by atoms with van der Waals surface area (Å²) in [6.07, 6.45) is 1.73. The standard InChI is InChI=1S/C11H16BNO4/c1-7(2)12(16)13-5-3-4-8(13)10(9(14)6-13)11(15)17-12/h8,10,16H,1,3-6H2,2H3/t8-,10-,12?,13?/m0/s1. The van der Waals surface area contributed by atoms with Gasteiger partial charge in [-0.15, -0.1) is 6.58 Å². The van der Waals surface area contributed by atoms with E-state index in [-0.39, 0.29) is 22.8 Å². The number of Topliss-reactive ketones (excluding diaryl/α,β-unsaturated/α-hetero) is 1. The van der Waals surface area contributed by atoms with Crippen LogP contribution in [-0.4, -0.2) is 47.0 Å². The van der Waals surface area contributed by atoms with Crippen LogP contribution in [0.2, 0.25) is 0 Å². The molecule has 2 bridgehead atoms. The van der Waals surface area contributed by atoms with Crippen LogP contribution in [0, 0.1) is 5.92 Å². The van der Waals surface area contributed by atoms with E-state index in [2.05, 4.69) is 6.58 Å². The molecule has 3 rings (SSSR count). The van der Waals surface area contributed by atoms with E-state index in [4.69, 9.17) is 4.65 Å². The minimum absolute atomic E-state index is 0.0845. The van der Waals surface area contributed by atoms with E-state index in [9.17, 15) is 14.6 Å². The number of rotatable bonds is 1. The van der Waals surface area contributed by atoms with Crippen molar-refractivity contribution < 1.29 is 23.7 Å². The van der Waals surface area contributed by atoms with E-state index in [0.29, 0.717) is 12.0 Å². The summed E-state index contributed by atoms with van der Waals surface area (Å²) in [5, 5.41) is 10.7. The van der Waals surface area contributed by atoms with Gasteiger partial charge in [0.2, 0.25) is 5.78 Å². The van der Waals surface area contributed by atoms with Gasteiger partial charge in [-0.1, -0.05) is 12.4 Å². The zero-order chi connectivity index (χ0) is 12.4. The summed E-state index contributed by atoms with van der Waals surface area (Å²) in [5.74, 6) is -1.30. The van der Waals surface area contributed by atoms with E-state index >= 15 is 0 Å². The predicted octanol–water partition coefficient (Wildman–Crippen LogP) is -0.232. The Kier molecular flexibility index (Phi) is 1.94. The Morgan fingerprint density at radius 1 is 1.59 bits per heavy atom. The average molecular weight is 237 g/mol. The Morgan fingerprint density at radius 3 is 2.94 bits per heavy atom. The van der Waals surface area contributed by atoms with Crippen molar-refractivity contribution in [2.45, 2.75) is 25.8 Å². The third-order valence-corrected chi connectivity index (χ3v) is 4.79. The van der Waals surface area contributed by atoms with Crippen molar-refractivity contribution in [1.82, 2.24) is 0 Å². The minimum atomic E-state index is -2.46. The van der Waals surface area contributed by atoms with Crippen LogP contribution in [0.4, 0.5) is 0 Å². The summed E-state index contributed by atoms with van der Waals surface area (Å²) in [5.41, 5.74) is 0.457. The third kappa shape index (κ3) is 1.03. The molecule has 0 amide bonds. The monoisotopic (exact) mass is 237 g/mol. The van der Waals surface area contributed by atoms with Crippen LogP contribution in [0.5, 0.6) is 0 Å². The molecule has 0 saturated carbocycles. The molecule has 92 valence electrons. The Bertz CT molecular complexity index is 451. The van der Waals surface area contributed by atoms with Gasteiger partial charge in [-0.05, 0) is 6.42 Å². The molecule has 3 fully saturated rings. The number of carbonyl (C=O) groups is 2. The average Bonchev–Trinajstić information content (AvgIpc) is 2.70. The van der Waals surface area contributed by atoms with Gasteiger partial charge in [0.1, 0.15) is 6.54 Å². The fourth-order valence-electron chi connectivity index (χ4n) is 4.01. The lowest BCUT2D eigenvalue weighted by Gasteiger charge is -2.56. The van der Waals surface area contributed by atoms with Gasteiger partial charge in [0.25, 0.3) is 5.97 Å². The van der Waals surface area contributed by atoms with Gasteiger partial charge in [-0.25, -0.2) is 0 Å². The van der Waals surface area contributed by atoms with Crippen molar-refractivity contribution in [3.63, 3.8) is 0 Å². The van der Waals surface area contributed by atoms with Gasteiger partial charge in [-0.2, -0.15) is 0 Å². The first-order valence-corrected chi connectivity index (χ1v) is 6.07. The van der Waals surface area contributed by atoms with Crippen molar-refractivity contribution in [2.24, 2.45) is 5.92 Å². The first kappa shape index (κ1) is 11.0. The molecule has 0 radical (unpaired) electrons. The molecule has 0 spiro atoms. The molecule has 0 aromatic rings. The van der Waals surface area contributed by atoms with Gasteiger partial charge in [-0.3, -0.25) is 9.59 Å². The molecule has 3 heterocycles. The zero-order valence-corrected chi connectivity index (χ0v) is 9.89. The lowest BCUT2D eigenvalue weighted by Crippen LogP contribution is -2.74. The van der Waals surface area contributed by atoms with Crippen LogP contribution in [-0.2, 0) is 14.2 Å². The van der Waals surface area contributed by atoms with Crippen LogP contribution in [0.3, 0.4) is 0 Å². The molecule has 0 aliphatic carbocycles. The first-order chi connectivity index (χ1) is 7.92. The van der Waals surface area contributed by atoms with Crippen molar-refractivity contribution in [3.8, 4) is 0 Å². The normalized spacial score (nSPS) is 47.9. The lowest BCUT2D eigenvalue weighted by atomic mass is 9.58. The van der Waals surface area contributed by atoms with Gasteiger partial charge in [0.05, 0.1) is 6.04 Å². The summed E-state index contributed by atoms with van der Waals surface area (Å²) in [6, 6.07) is -0.0922. The maximum atomic E-state index is 11.9. The molecular formula is C11H16BNO4. The van der Waals surface area contributed by atoms with Crippen molar-refractivity contribution in [3.05, 3.63) is 12.1 Å². The summed E-state index contributed by atoms with van der Waals surface area (Å²) in [4.78, 5) is 23.8. The second kappa shape index (κ2) is 3.00. The fourth-order valence-corrected chi connectivity index (χ4v) is 4.01. The molecule has 3 saturated heterocycles. The van der Waals surface area contributed by atoms with Crippen molar-refractivity contribution >= 4 is 18.4 Å². The minimum Gasteiger partial charge on any atom is -0.611 e. The molecule has 3 aliphatic rings. The summed E-state index contributed by atoms with van der Waals surface area (Å²) >= 11 is 0. The molecule has 0 aromatic carbocycles. The van der Waals surface area contributed by atoms with Gasteiger partial charge in [0.15, 0.2) is 5.92 Å². The van der Waals surface area contributed by atoms with Crippen LogP contribution < -0.4 is 0 Å². The Morgan fingerprint density at radius 2 is 2.29 bits per heavy atom. The molecule has 4 atom stereocenters. The van der Waals surface area contributed by atoms with Crippen LogP contribution in [0.15, 0.2) is 12.1 Å². The highest BCUT2D eigenvalue weighted by molar-refractivity contribution is 6.69. The molecule has 1 N–H and O–H groups in total. The van der Waals surface area contributed by atoms with E-state index in [1.807, 2.05) is 0 Å². The number of hydrogen-bond donors (Lipinski definition) is 1. The molecule has 5 nitrogen and oxygen atoms in total. The predicted molar refractivity (Wildman–Crippen MR) is 60.4 cm³/mol. The number of ketones is 1. The Labute approximate surface area is 99.6 Å². The van der Waals surface area contributed by atoms with Crippen molar-refractivity contribution in [2.75, 3.05) is 13.1 Å². The van der Waals surface area contributed by atoms with Crippen LogP contribution in [0.1, 0.15) is 19.8 Å². The van der Waals surface area contributed by atoms with Gasteiger partial charge >= 0.3 is 6.69 Å². The third-order valence-electron chi connectivity index (χ3n) is 4.79. The van der Waals surface area contributed by atoms with E-state index in [0.717, 1.165) is 12.8 Å². The molecule has 3 aliphatic heterocycles. The number of hydrogen-bond acceptors (Lipinski definition) is 4. The van der Waals surface area contributed by atoms with Crippen molar-refractivity contribution in [1.29, 1.82) is 0 Å². The Balaban J connectivity index is 2.19. The largest absolute Gasteiger partial charge is 0.611 e. The fraction of sp³-hybridized carbons (Fsp3) is 0.636. The highest BCUT2D eigenvalue weighted by Gasteiger charge is 2.70. The van der Waals surface area contributed by atoms with E-state index < -0.39 is 18.6 Å². The van der Waals surface area contributed by atoms with Gasteiger partial charge < -0.3 is 14.1 Å². The second-order valence-corrected chi connectivity index (χ2v) is 5.62. The number of allylic oxidation sites excluding steroid dienone is 1. The second-order valence-electron chi connectivity index (χ2n) is 5.62. The summed E-state index contributed by atoms with van der Waals surface area (Å²) < 4.78 is 5.46. The highest BCUT2D eigenvalue weighted by Crippen LogP contribution is 2.48. The molecule has 0 aromatic heterocycles. The topological polar surface area (TPSA) is 63.6 Å². The zero-order valence-electron chi connectivity index (χ0n) is 9.89. The molecule has 6 heteroatoms. The molecule has 2 unspecified atom stereocenters. The molecular weight excluding hydrogens is 221 g/mol. The first-order valence-electron chi connectivity index (χ1n) is 6.07. The van der Waals surface area contributed by atoms with E-state index in [1.54, 1.807) is 6.92 Å². The Hall–Kier alpha value is -1.14. The maximum absolute atomic E-state index is 11.9. The van der Waals surface area contributed by atoms with Crippen LogP contribution >= 0.6 is 0 Å². The molecule has 17 heavy (non-hydrogen) atoms. The highest BCUT2D eigenvalue weighted by atomic mass is 16.6. The number of nitrogens with zero attached hydrogens (tertiary/aromatic N) is 1. The number of quaternary nitrogens is 1. The SMILES string of the molecule is C=C(C)[B-]1(O)OC(=O)[C@@H]2C(=O)C[N+]13CCC[C@@H]23. The summed E-state index contributed by atoms with van der Waals surface area (Å²) in [6.45, 7) is 3.87. The lowest BCUT2D eigenvalue weighted by molar-refractivity contribution is -0.847. The van der Waals surface area contributed by atoms with E-state index in [1.165, 1.54) is 0 Å². The number of carbonyl (C=O) groups excluding carboxylic acids is 2.